The molecule has 0 aromatic heterocycles. The molecule has 2 unspecified atom stereocenters. The predicted molar refractivity (Wildman–Crippen MR) is 72.7 cm³/mol. The molecule has 2 fully saturated rings. The molecule has 2 aliphatic rings. The molecular weight excluding hydrogens is 244 g/mol. The van der Waals surface area contributed by atoms with Crippen molar-refractivity contribution in [1.29, 1.82) is 0 Å². The molecule has 1 saturated carbocycles. The molecule has 1 saturated heterocycles. The molecule has 110 valence electrons. The highest BCUT2D eigenvalue weighted by molar-refractivity contribution is 5.77. The lowest BCUT2D eigenvalue weighted by molar-refractivity contribution is -0.131. The molecule has 0 spiro atoms. The van der Waals surface area contributed by atoms with E-state index < -0.39 is 0 Å². The first-order valence-corrected chi connectivity index (χ1v) is 7.48. The minimum Gasteiger partial charge on any atom is -0.381 e. The Bertz CT molecular complexity index is 280. The van der Waals surface area contributed by atoms with Gasteiger partial charge < -0.3 is 20.5 Å². The van der Waals surface area contributed by atoms with Gasteiger partial charge in [0.1, 0.15) is 6.61 Å². The summed E-state index contributed by atoms with van der Waals surface area (Å²) >= 11 is 0. The molecule has 3 N–H and O–H groups in total. The minimum absolute atomic E-state index is 0.00625. The fourth-order valence-electron chi connectivity index (χ4n) is 2.96. The van der Waals surface area contributed by atoms with E-state index in [2.05, 4.69) is 5.32 Å². The van der Waals surface area contributed by atoms with Crippen molar-refractivity contribution in [3.63, 3.8) is 0 Å². The van der Waals surface area contributed by atoms with Crippen molar-refractivity contribution in [2.75, 3.05) is 26.4 Å². The minimum atomic E-state index is -0.00625. The van der Waals surface area contributed by atoms with Crippen LogP contribution in [0.1, 0.15) is 38.5 Å². The first-order valence-electron chi connectivity index (χ1n) is 7.48. The Hall–Kier alpha value is -0.650. The van der Waals surface area contributed by atoms with E-state index in [9.17, 15) is 4.79 Å². The van der Waals surface area contributed by atoms with Crippen LogP contribution in [0.25, 0.3) is 0 Å². The van der Waals surface area contributed by atoms with E-state index in [1.54, 1.807) is 0 Å². The maximum atomic E-state index is 11.8. The van der Waals surface area contributed by atoms with Crippen molar-refractivity contribution in [3.05, 3.63) is 0 Å². The molecule has 0 bridgehead atoms. The maximum Gasteiger partial charge on any atom is 0.246 e. The van der Waals surface area contributed by atoms with E-state index in [-0.39, 0.29) is 24.7 Å². The van der Waals surface area contributed by atoms with E-state index in [0.29, 0.717) is 12.5 Å². The monoisotopic (exact) mass is 270 g/mol. The van der Waals surface area contributed by atoms with Gasteiger partial charge in [-0.1, -0.05) is 12.8 Å². The van der Waals surface area contributed by atoms with E-state index in [1.165, 1.54) is 12.8 Å². The van der Waals surface area contributed by atoms with Gasteiger partial charge in [-0.3, -0.25) is 4.79 Å². The predicted octanol–water partition coefficient (Wildman–Crippen LogP) is 0.816. The third-order valence-corrected chi connectivity index (χ3v) is 4.16. The third kappa shape index (κ3) is 4.75. The summed E-state index contributed by atoms with van der Waals surface area (Å²) in [4.78, 5) is 11.8. The van der Waals surface area contributed by atoms with Gasteiger partial charge in [-0.25, -0.2) is 0 Å². The third-order valence-electron chi connectivity index (χ3n) is 4.16. The van der Waals surface area contributed by atoms with Crippen LogP contribution in [0.15, 0.2) is 0 Å². The summed E-state index contributed by atoms with van der Waals surface area (Å²) in [5, 5.41) is 3.02. The Balaban J connectivity index is 1.67. The molecule has 1 heterocycles. The van der Waals surface area contributed by atoms with Crippen molar-refractivity contribution in [3.8, 4) is 0 Å². The van der Waals surface area contributed by atoms with Gasteiger partial charge in [0, 0.05) is 19.3 Å². The van der Waals surface area contributed by atoms with E-state index >= 15 is 0 Å². The van der Waals surface area contributed by atoms with Gasteiger partial charge in [0.05, 0.1) is 6.10 Å². The number of carbonyl (C=O) groups excluding carboxylic acids is 1. The lowest BCUT2D eigenvalue weighted by Crippen LogP contribution is -2.42. The highest BCUT2D eigenvalue weighted by atomic mass is 16.5. The smallest absolute Gasteiger partial charge is 0.246 e. The van der Waals surface area contributed by atoms with Crippen molar-refractivity contribution in [1.82, 2.24) is 5.32 Å². The zero-order valence-corrected chi connectivity index (χ0v) is 11.6. The van der Waals surface area contributed by atoms with Crippen LogP contribution < -0.4 is 11.1 Å². The molecule has 2 rings (SSSR count). The molecule has 5 nitrogen and oxygen atoms in total. The van der Waals surface area contributed by atoms with Crippen molar-refractivity contribution in [2.24, 2.45) is 11.7 Å². The Morgan fingerprint density at radius 2 is 1.95 bits per heavy atom. The zero-order valence-electron chi connectivity index (χ0n) is 11.6. The second-order valence-corrected chi connectivity index (χ2v) is 5.58. The van der Waals surface area contributed by atoms with Gasteiger partial charge in [0.2, 0.25) is 5.91 Å². The fraction of sp³-hybridized carbons (Fsp3) is 0.929. The summed E-state index contributed by atoms with van der Waals surface area (Å²) in [5.74, 6) is 0.415. The fourth-order valence-corrected chi connectivity index (χ4v) is 2.96. The van der Waals surface area contributed by atoms with Gasteiger partial charge in [0.15, 0.2) is 0 Å². The average molecular weight is 270 g/mol. The SMILES string of the molecule is NCC1CCCCC1OCC(=O)NC1CCOCC1. The number of hydrogen-bond acceptors (Lipinski definition) is 4. The summed E-state index contributed by atoms with van der Waals surface area (Å²) in [5.41, 5.74) is 5.75. The Kier molecular flexibility index (Phi) is 6.07. The van der Waals surface area contributed by atoms with Crippen LogP contribution in [0.2, 0.25) is 0 Å². The zero-order chi connectivity index (χ0) is 13.5. The van der Waals surface area contributed by atoms with Crippen LogP contribution in [0.3, 0.4) is 0 Å². The van der Waals surface area contributed by atoms with Gasteiger partial charge in [-0.15, -0.1) is 0 Å². The quantitative estimate of drug-likeness (QED) is 0.775. The highest BCUT2D eigenvalue weighted by Crippen LogP contribution is 2.25. The molecule has 1 aliphatic heterocycles. The van der Waals surface area contributed by atoms with Gasteiger partial charge in [-0.05, 0) is 38.1 Å². The first-order chi connectivity index (χ1) is 9.29. The summed E-state index contributed by atoms with van der Waals surface area (Å²) < 4.78 is 11.0. The van der Waals surface area contributed by atoms with Crippen molar-refractivity contribution < 1.29 is 14.3 Å². The molecule has 5 heteroatoms. The Morgan fingerprint density at radius 3 is 2.68 bits per heavy atom. The Labute approximate surface area is 115 Å². The topological polar surface area (TPSA) is 73.6 Å². The number of hydrogen-bond donors (Lipinski definition) is 2. The maximum absolute atomic E-state index is 11.8. The number of ether oxygens (including phenoxy) is 2. The standard InChI is InChI=1S/C14H26N2O3/c15-9-11-3-1-2-4-13(11)19-10-14(17)16-12-5-7-18-8-6-12/h11-13H,1-10,15H2,(H,16,17). The lowest BCUT2D eigenvalue weighted by Gasteiger charge is -2.30. The van der Waals surface area contributed by atoms with Gasteiger partial charge >= 0.3 is 0 Å². The molecular formula is C14H26N2O3. The summed E-state index contributed by atoms with van der Waals surface area (Å²) in [7, 11) is 0. The second-order valence-electron chi connectivity index (χ2n) is 5.58. The van der Waals surface area contributed by atoms with E-state index in [1.807, 2.05) is 0 Å². The Morgan fingerprint density at radius 1 is 1.21 bits per heavy atom. The molecule has 2 atom stereocenters. The van der Waals surface area contributed by atoms with Gasteiger partial charge in [-0.2, -0.15) is 0 Å². The van der Waals surface area contributed by atoms with Crippen LogP contribution >= 0.6 is 0 Å². The number of amides is 1. The molecule has 1 amide bonds. The molecule has 0 aromatic carbocycles. The number of nitrogens with one attached hydrogen (secondary N) is 1. The van der Waals surface area contributed by atoms with Gasteiger partial charge in [0.25, 0.3) is 0 Å². The first kappa shape index (κ1) is 14.8. The average Bonchev–Trinajstić information content (AvgIpc) is 2.46. The number of nitrogens with two attached hydrogens (primary N) is 1. The van der Waals surface area contributed by atoms with E-state index in [4.69, 9.17) is 15.2 Å². The largest absolute Gasteiger partial charge is 0.381 e. The molecule has 19 heavy (non-hydrogen) atoms. The summed E-state index contributed by atoms with van der Waals surface area (Å²) in [6.07, 6.45) is 6.55. The molecule has 1 aliphatic carbocycles. The molecule has 0 radical (unpaired) electrons. The van der Waals surface area contributed by atoms with Crippen molar-refractivity contribution >= 4 is 5.91 Å². The highest BCUT2D eigenvalue weighted by Gasteiger charge is 2.25. The van der Waals surface area contributed by atoms with Crippen LogP contribution in [0, 0.1) is 5.92 Å². The summed E-state index contributed by atoms with van der Waals surface area (Å²) in [6, 6.07) is 0.251. The lowest BCUT2D eigenvalue weighted by atomic mass is 9.86. The van der Waals surface area contributed by atoms with Crippen molar-refractivity contribution in [2.45, 2.75) is 50.7 Å². The van der Waals surface area contributed by atoms with Crippen LogP contribution in [-0.4, -0.2) is 44.4 Å². The van der Waals surface area contributed by atoms with Crippen LogP contribution in [-0.2, 0) is 14.3 Å². The number of carbonyl (C=O) groups is 1. The second kappa shape index (κ2) is 7.82. The van der Waals surface area contributed by atoms with Crippen LogP contribution in [0.4, 0.5) is 0 Å². The van der Waals surface area contributed by atoms with E-state index in [0.717, 1.165) is 38.9 Å². The molecule has 0 aromatic rings. The van der Waals surface area contributed by atoms with Crippen LogP contribution in [0.5, 0.6) is 0 Å². The summed E-state index contributed by atoms with van der Waals surface area (Å²) in [6.45, 7) is 2.30. The number of rotatable bonds is 5. The normalized spacial score (nSPS) is 29.1.